The van der Waals surface area contributed by atoms with Crippen molar-refractivity contribution in [3.63, 3.8) is 0 Å². The van der Waals surface area contributed by atoms with Gasteiger partial charge in [-0.3, -0.25) is 4.79 Å². The first-order valence-corrected chi connectivity index (χ1v) is 7.38. The number of benzene rings is 2. The molecule has 7 heteroatoms. The summed E-state index contributed by atoms with van der Waals surface area (Å²) in [6.07, 6.45) is -1.11. The van der Waals surface area contributed by atoms with Crippen LogP contribution in [0, 0.1) is 17.1 Å². The van der Waals surface area contributed by atoms with Crippen molar-refractivity contribution in [2.75, 3.05) is 11.9 Å². The molecule has 0 bridgehead atoms. The minimum absolute atomic E-state index is 0.0838. The Hall–Kier alpha value is -3.40. The number of carbonyl (C=O) groups excluding carboxylic acids is 2. The zero-order valence-electron chi connectivity index (χ0n) is 13.4. The molecule has 0 aliphatic carbocycles. The molecule has 0 fully saturated rings. The summed E-state index contributed by atoms with van der Waals surface area (Å²) < 4.78 is 23.3. The molecule has 0 saturated heterocycles. The highest BCUT2D eigenvalue weighted by Gasteiger charge is 2.19. The summed E-state index contributed by atoms with van der Waals surface area (Å²) >= 11 is 0. The Kier molecular flexibility index (Phi) is 6.07. The van der Waals surface area contributed by atoms with Crippen LogP contribution in [0.3, 0.4) is 0 Å². The molecule has 0 heterocycles. The highest BCUT2D eigenvalue weighted by molar-refractivity contribution is 5.96. The number of rotatable bonds is 6. The second kappa shape index (κ2) is 8.45. The van der Waals surface area contributed by atoms with E-state index in [0.29, 0.717) is 5.69 Å². The molecule has 0 radical (unpaired) electrons. The lowest BCUT2D eigenvalue weighted by Crippen LogP contribution is -2.32. The highest BCUT2D eigenvalue weighted by Crippen LogP contribution is 2.16. The molecule has 2 rings (SSSR count). The molecular formula is C18H15FN2O4. The van der Waals surface area contributed by atoms with E-state index in [1.165, 1.54) is 25.1 Å². The maximum absolute atomic E-state index is 13.4. The third kappa shape index (κ3) is 5.04. The normalized spacial score (nSPS) is 11.1. The third-order valence-corrected chi connectivity index (χ3v) is 3.17. The fraction of sp³-hybridized carbons (Fsp3) is 0.167. The molecule has 1 N–H and O–H groups in total. The van der Waals surface area contributed by atoms with Crippen LogP contribution >= 0.6 is 0 Å². The molecule has 1 amide bonds. The van der Waals surface area contributed by atoms with E-state index >= 15 is 0 Å². The summed E-state index contributed by atoms with van der Waals surface area (Å²) in [4.78, 5) is 23.8. The Morgan fingerprint density at radius 1 is 1.20 bits per heavy atom. The van der Waals surface area contributed by atoms with Gasteiger partial charge >= 0.3 is 5.97 Å². The second-order valence-electron chi connectivity index (χ2n) is 5.00. The van der Waals surface area contributed by atoms with Crippen LogP contribution in [0.15, 0.2) is 48.5 Å². The van der Waals surface area contributed by atoms with Crippen molar-refractivity contribution in [3.8, 4) is 11.8 Å². The summed E-state index contributed by atoms with van der Waals surface area (Å²) in [5, 5.41) is 11.5. The molecule has 0 aromatic heterocycles. The van der Waals surface area contributed by atoms with E-state index in [-0.39, 0.29) is 11.3 Å². The smallest absolute Gasteiger partial charge is 0.344 e. The van der Waals surface area contributed by atoms with Crippen molar-refractivity contribution >= 4 is 17.6 Å². The first-order chi connectivity index (χ1) is 12.0. The van der Waals surface area contributed by atoms with Gasteiger partial charge in [0.25, 0.3) is 5.91 Å². The lowest BCUT2D eigenvalue weighted by Gasteiger charge is -2.14. The Bertz CT molecular complexity index is 817. The predicted octanol–water partition coefficient (Wildman–Crippen LogP) is 2.65. The van der Waals surface area contributed by atoms with Gasteiger partial charge in [-0.2, -0.15) is 5.26 Å². The number of hydrogen-bond acceptors (Lipinski definition) is 5. The number of halogens is 1. The van der Waals surface area contributed by atoms with Gasteiger partial charge in [0, 0.05) is 0 Å². The number of esters is 1. The fourth-order valence-corrected chi connectivity index (χ4v) is 1.91. The molecule has 0 unspecified atom stereocenters. The number of anilines is 1. The van der Waals surface area contributed by atoms with Crippen LogP contribution in [-0.2, 0) is 14.3 Å². The van der Waals surface area contributed by atoms with Gasteiger partial charge in [-0.05, 0) is 31.2 Å². The second-order valence-corrected chi connectivity index (χ2v) is 5.00. The van der Waals surface area contributed by atoms with Gasteiger partial charge in [-0.1, -0.05) is 24.3 Å². The highest BCUT2D eigenvalue weighted by atomic mass is 19.1. The number of nitrogens with one attached hydrogen (secondary N) is 1. The molecule has 6 nitrogen and oxygen atoms in total. The molecule has 0 saturated carbocycles. The number of ether oxygens (including phenoxy) is 2. The number of nitrogens with zero attached hydrogens (tertiary/aromatic N) is 1. The van der Waals surface area contributed by atoms with Crippen LogP contribution < -0.4 is 10.1 Å². The summed E-state index contributed by atoms with van der Waals surface area (Å²) in [6, 6.07) is 14.0. The third-order valence-electron chi connectivity index (χ3n) is 3.17. The predicted molar refractivity (Wildman–Crippen MR) is 87.2 cm³/mol. The molecular weight excluding hydrogens is 327 g/mol. The van der Waals surface area contributed by atoms with Crippen molar-refractivity contribution < 1.29 is 23.5 Å². The van der Waals surface area contributed by atoms with Crippen LogP contribution in [0.4, 0.5) is 10.1 Å². The van der Waals surface area contributed by atoms with E-state index in [9.17, 15) is 14.0 Å². The van der Waals surface area contributed by atoms with E-state index in [1.807, 2.05) is 6.07 Å². The van der Waals surface area contributed by atoms with Gasteiger partial charge in [-0.25, -0.2) is 9.18 Å². The minimum Gasteiger partial charge on any atom is -0.479 e. The van der Waals surface area contributed by atoms with Crippen LogP contribution in [0.5, 0.6) is 5.75 Å². The topological polar surface area (TPSA) is 88.4 Å². The first-order valence-electron chi connectivity index (χ1n) is 7.38. The Labute approximate surface area is 143 Å². The molecule has 0 aliphatic rings. The number of amides is 1. The van der Waals surface area contributed by atoms with Crippen molar-refractivity contribution in [1.29, 1.82) is 5.26 Å². The van der Waals surface area contributed by atoms with E-state index < -0.39 is 30.4 Å². The quantitative estimate of drug-likeness (QED) is 0.815. The Morgan fingerprint density at radius 2 is 1.88 bits per heavy atom. The van der Waals surface area contributed by atoms with Gasteiger partial charge in [0.15, 0.2) is 24.3 Å². The zero-order valence-corrected chi connectivity index (χ0v) is 13.4. The van der Waals surface area contributed by atoms with Crippen LogP contribution in [0.2, 0.25) is 0 Å². The summed E-state index contributed by atoms with van der Waals surface area (Å²) in [5.41, 5.74) is 0.609. The van der Waals surface area contributed by atoms with Gasteiger partial charge in [0.2, 0.25) is 0 Å². The maximum atomic E-state index is 13.4. The molecule has 25 heavy (non-hydrogen) atoms. The van der Waals surface area contributed by atoms with Crippen molar-refractivity contribution in [3.05, 3.63) is 59.9 Å². The lowest BCUT2D eigenvalue weighted by atomic mass is 10.2. The summed E-state index contributed by atoms with van der Waals surface area (Å²) in [7, 11) is 0. The molecule has 2 aromatic carbocycles. The molecule has 0 aliphatic heterocycles. The van der Waals surface area contributed by atoms with Crippen LogP contribution in [0.1, 0.15) is 12.5 Å². The SMILES string of the molecule is C[C@@H](OC(=O)COc1ccccc1F)C(=O)Nc1ccccc1C#N. The van der Waals surface area contributed by atoms with Crippen LogP contribution in [-0.4, -0.2) is 24.6 Å². The summed E-state index contributed by atoms with van der Waals surface area (Å²) in [6.45, 7) is 0.846. The largest absolute Gasteiger partial charge is 0.479 e. The average Bonchev–Trinajstić information content (AvgIpc) is 2.61. The summed E-state index contributed by atoms with van der Waals surface area (Å²) in [5.74, 6) is -2.10. The first kappa shape index (κ1) is 17.9. The molecule has 128 valence electrons. The number of hydrogen-bond donors (Lipinski definition) is 1. The van der Waals surface area contributed by atoms with Gasteiger partial charge in [0.05, 0.1) is 11.3 Å². The van der Waals surface area contributed by atoms with Crippen molar-refractivity contribution in [2.45, 2.75) is 13.0 Å². The van der Waals surface area contributed by atoms with Gasteiger partial charge < -0.3 is 14.8 Å². The number of para-hydroxylation sites is 2. The van der Waals surface area contributed by atoms with E-state index in [0.717, 1.165) is 0 Å². The Balaban J connectivity index is 1.87. The van der Waals surface area contributed by atoms with Crippen molar-refractivity contribution in [1.82, 2.24) is 0 Å². The van der Waals surface area contributed by atoms with E-state index in [2.05, 4.69) is 5.32 Å². The van der Waals surface area contributed by atoms with E-state index in [4.69, 9.17) is 14.7 Å². The van der Waals surface area contributed by atoms with Crippen LogP contribution in [0.25, 0.3) is 0 Å². The molecule has 0 spiro atoms. The number of carbonyl (C=O) groups is 2. The minimum atomic E-state index is -1.11. The monoisotopic (exact) mass is 342 g/mol. The van der Waals surface area contributed by atoms with E-state index in [1.54, 1.807) is 30.3 Å². The average molecular weight is 342 g/mol. The van der Waals surface area contributed by atoms with Gasteiger partial charge in [0.1, 0.15) is 6.07 Å². The molecule has 1 atom stereocenters. The lowest BCUT2D eigenvalue weighted by molar-refractivity contribution is -0.155. The van der Waals surface area contributed by atoms with Crippen molar-refractivity contribution in [2.24, 2.45) is 0 Å². The Morgan fingerprint density at radius 3 is 2.60 bits per heavy atom. The van der Waals surface area contributed by atoms with Gasteiger partial charge in [-0.15, -0.1) is 0 Å². The standard InChI is InChI=1S/C18H15FN2O4/c1-12(18(23)21-15-8-4-2-6-13(15)10-20)25-17(22)11-24-16-9-5-3-7-14(16)19/h2-9,12H,11H2,1H3,(H,21,23)/t12-/m1/s1. The molecule has 2 aromatic rings. The fourth-order valence-electron chi connectivity index (χ4n) is 1.91. The maximum Gasteiger partial charge on any atom is 0.344 e. The zero-order chi connectivity index (χ0) is 18.2. The number of nitriles is 1.